The zero-order valence-electron chi connectivity index (χ0n) is 5.26. The Labute approximate surface area is 57.5 Å². The third-order valence-electron chi connectivity index (χ3n) is 1.18. The zero-order valence-corrected chi connectivity index (χ0v) is 5.26. The van der Waals surface area contributed by atoms with Gasteiger partial charge in [0.15, 0.2) is 0 Å². The highest BCUT2D eigenvalue weighted by molar-refractivity contribution is 5.94. The first-order chi connectivity index (χ1) is 4.84. The minimum Gasteiger partial charge on any atom is -0.378 e. The first-order valence-electron chi connectivity index (χ1n) is 2.85. The predicted octanol–water partition coefficient (Wildman–Crippen LogP) is -0.686. The maximum atomic E-state index is 10.5. The molecule has 1 aliphatic rings. The van der Waals surface area contributed by atoms with Crippen LogP contribution in [0.15, 0.2) is 16.9 Å². The van der Waals surface area contributed by atoms with Crippen molar-refractivity contribution < 1.29 is 4.79 Å². The lowest BCUT2D eigenvalue weighted by atomic mass is 10.2. The molecule has 0 spiro atoms. The molecule has 0 aromatic heterocycles. The predicted molar refractivity (Wildman–Crippen MR) is 34.9 cm³/mol. The van der Waals surface area contributed by atoms with Gasteiger partial charge >= 0.3 is 5.91 Å². The smallest absolute Gasteiger partial charge is 0.315 e. The number of amides is 1. The third-order valence-corrected chi connectivity index (χ3v) is 1.18. The summed E-state index contributed by atoms with van der Waals surface area (Å²) in [6.45, 7) is 1.03. The van der Waals surface area contributed by atoms with Crippen LogP contribution in [-0.2, 0) is 4.79 Å². The first kappa shape index (κ1) is 6.88. The van der Waals surface area contributed by atoms with Crippen molar-refractivity contribution in [1.82, 2.24) is 10.6 Å². The third kappa shape index (κ3) is 1.38. The fraction of sp³-hybridized carbons (Fsp3) is 0.400. The quantitative estimate of drug-likeness (QED) is 0.474. The van der Waals surface area contributed by atoms with Crippen LogP contribution >= 0.6 is 0 Å². The molecule has 1 heterocycles. The van der Waals surface area contributed by atoms with E-state index in [1.165, 1.54) is 6.20 Å². The molecule has 0 radical (unpaired) electrons. The second-order valence-corrected chi connectivity index (χ2v) is 1.87. The van der Waals surface area contributed by atoms with Crippen molar-refractivity contribution in [3.8, 4) is 0 Å². The van der Waals surface area contributed by atoms with E-state index in [1.807, 2.05) is 0 Å². The summed E-state index contributed by atoms with van der Waals surface area (Å²) in [5.41, 5.74) is 0.376. The van der Waals surface area contributed by atoms with Crippen molar-refractivity contribution in [3.63, 3.8) is 0 Å². The van der Waals surface area contributed by atoms with E-state index in [-0.39, 0.29) is 0 Å². The summed E-state index contributed by atoms with van der Waals surface area (Å²) in [5, 5.41) is 7.88. The van der Waals surface area contributed by atoms with Gasteiger partial charge in [0.1, 0.15) is 0 Å². The largest absolute Gasteiger partial charge is 0.378 e. The molecule has 0 unspecified atom stereocenters. The molecule has 0 bridgehead atoms. The molecule has 0 aliphatic carbocycles. The van der Waals surface area contributed by atoms with E-state index in [2.05, 4.69) is 15.8 Å². The fourth-order valence-electron chi connectivity index (χ4n) is 0.691. The number of carbonyl (C=O) groups excluding carboxylic acids is 1. The molecule has 0 aromatic rings. The number of rotatable bonds is 1. The van der Waals surface area contributed by atoms with E-state index in [1.54, 1.807) is 0 Å². The van der Waals surface area contributed by atoms with Crippen molar-refractivity contribution >= 4 is 5.91 Å². The van der Waals surface area contributed by atoms with E-state index in [0.717, 1.165) is 0 Å². The summed E-state index contributed by atoms with van der Waals surface area (Å²) in [7, 11) is 0. The number of hydrogen-bond acceptors (Lipinski definition) is 4. The first-order valence-corrected chi connectivity index (χ1v) is 2.85. The summed E-state index contributed by atoms with van der Waals surface area (Å²) in [4.78, 5) is 20.2. The average Bonchev–Trinajstić information content (AvgIpc) is 2.05. The number of hydrogen-bond donors (Lipinski definition) is 2. The van der Waals surface area contributed by atoms with Gasteiger partial charge in [-0.2, -0.15) is 0 Å². The Balaban J connectivity index is 2.61. The Morgan fingerprint density at radius 2 is 2.50 bits per heavy atom. The van der Waals surface area contributed by atoms with Crippen LogP contribution in [0.1, 0.15) is 0 Å². The average molecular weight is 141 g/mol. The van der Waals surface area contributed by atoms with Gasteiger partial charge in [-0.05, 0) is 0 Å². The van der Waals surface area contributed by atoms with Crippen LogP contribution in [0.2, 0.25) is 0 Å². The summed E-state index contributed by atoms with van der Waals surface area (Å²) >= 11 is 0. The maximum absolute atomic E-state index is 10.5. The Kier molecular flexibility index (Phi) is 2.11. The Hall–Kier alpha value is -1.23. The summed E-state index contributed by atoms with van der Waals surface area (Å²) in [5.74, 6) is -0.709. The standard InChI is InChI=1S/C5H7N3O2/c9-5(8-10)4-1-6-3-7-2-4/h1,6-7H,2-3H2. The van der Waals surface area contributed by atoms with Gasteiger partial charge in [-0.15, -0.1) is 4.91 Å². The Morgan fingerprint density at radius 3 is 3.00 bits per heavy atom. The molecule has 1 rings (SSSR count). The molecule has 54 valence electrons. The number of nitrogens with zero attached hydrogens (tertiary/aromatic N) is 1. The molecular weight excluding hydrogens is 134 g/mol. The lowest BCUT2D eigenvalue weighted by Gasteiger charge is -2.11. The molecule has 0 saturated heterocycles. The Bertz CT molecular complexity index is 187. The number of nitrogens with one attached hydrogen (secondary N) is 2. The lowest BCUT2D eigenvalue weighted by Crippen LogP contribution is -2.34. The topological polar surface area (TPSA) is 70.6 Å². The van der Waals surface area contributed by atoms with E-state index in [4.69, 9.17) is 0 Å². The van der Waals surface area contributed by atoms with Gasteiger partial charge < -0.3 is 5.32 Å². The SMILES string of the molecule is O=NC(=O)C1=CNCNC1. The minimum atomic E-state index is -0.709. The normalized spacial score (nSPS) is 17.0. The molecule has 1 amide bonds. The van der Waals surface area contributed by atoms with Gasteiger partial charge in [0, 0.05) is 17.9 Å². The van der Waals surface area contributed by atoms with Crippen LogP contribution in [0.3, 0.4) is 0 Å². The zero-order chi connectivity index (χ0) is 7.40. The molecule has 0 atom stereocenters. The van der Waals surface area contributed by atoms with Crippen molar-refractivity contribution in [2.24, 2.45) is 5.18 Å². The van der Waals surface area contributed by atoms with Gasteiger partial charge in [-0.1, -0.05) is 0 Å². The monoisotopic (exact) mass is 141 g/mol. The maximum Gasteiger partial charge on any atom is 0.315 e. The summed E-state index contributed by atoms with van der Waals surface area (Å²) < 4.78 is 0. The highest BCUT2D eigenvalue weighted by Gasteiger charge is 2.10. The van der Waals surface area contributed by atoms with E-state index in [9.17, 15) is 9.70 Å². The highest BCUT2D eigenvalue weighted by Crippen LogP contribution is 1.96. The highest BCUT2D eigenvalue weighted by atomic mass is 16.3. The molecule has 10 heavy (non-hydrogen) atoms. The van der Waals surface area contributed by atoms with Crippen LogP contribution in [0, 0.1) is 4.91 Å². The molecule has 0 fully saturated rings. The van der Waals surface area contributed by atoms with Crippen molar-refractivity contribution in [2.45, 2.75) is 0 Å². The second kappa shape index (κ2) is 3.07. The fourth-order valence-corrected chi connectivity index (χ4v) is 0.691. The van der Waals surface area contributed by atoms with Crippen molar-refractivity contribution in [2.75, 3.05) is 13.2 Å². The van der Waals surface area contributed by atoms with E-state index in [0.29, 0.717) is 18.8 Å². The van der Waals surface area contributed by atoms with Crippen molar-refractivity contribution in [1.29, 1.82) is 0 Å². The number of nitroso groups, excluding NO2 is 1. The van der Waals surface area contributed by atoms with Crippen LogP contribution in [0.25, 0.3) is 0 Å². The van der Waals surface area contributed by atoms with Gasteiger partial charge in [0.25, 0.3) is 0 Å². The van der Waals surface area contributed by atoms with Gasteiger partial charge in [-0.3, -0.25) is 10.1 Å². The second-order valence-electron chi connectivity index (χ2n) is 1.87. The summed E-state index contributed by atoms with van der Waals surface area (Å²) in [6.07, 6.45) is 1.50. The van der Waals surface area contributed by atoms with Gasteiger partial charge in [0.05, 0.1) is 12.2 Å². The van der Waals surface area contributed by atoms with Crippen LogP contribution in [0.4, 0.5) is 0 Å². The molecule has 5 heteroatoms. The van der Waals surface area contributed by atoms with Crippen LogP contribution < -0.4 is 10.6 Å². The molecule has 5 nitrogen and oxygen atoms in total. The molecule has 0 saturated carbocycles. The van der Waals surface area contributed by atoms with Crippen LogP contribution in [0.5, 0.6) is 0 Å². The van der Waals surface area contributed by atoms with E-state index >= 15 is 0 Å². The molecule has 2 N–H and O–H groups in total. The molecule has 1 aliphatic heterocycles. The summed E-state index contributed by atoms with van der Waals surface area (Å²) in [6, 6.07) is 0. The minimum absolute atomic E-state index is 0.376. The van der Waals surface area contributed by atoms with Crippen LogP contribution in [-0.4, -0.2) is 19.1 Å². The van der Waals surface area contributed by atoms with Gasteiger partial charge in [-0.25, -0.2) is 0 Å². The number of carbonyl (C=O) groups is 1. The Morgan fingerprint density at radius 1 is 1.70 bits per heavy atom. The lowest BCUT2D eigenvalue weighted by molar-refractivity contribution is -0.114. The van der Waals surface area contributed by atoms with Crippen molar-refractivity contribution in [3.05, 3.63) is 16.7 Å². The van der Waals surface area contributed by atoms with E-state index < -0.39 is 5.91 Å². The molecular formula is C5H7N3O2. The van der Waals surface area contributed by atoms with Gasteiger partial charge in [0.2, 0.25) is 0 Å². The molecule has 0 aromatic carbocycles.